The van der Waals surface area contributed by atoms with Crippen molar-refractivity contribution in [3.63, 3.8) is 0 Å². The number of aliphatic hydroxyl groups is 2. The Kier molecular flexibility index (Phi) is 15.9. The first-order chi connectivity index (χ1) is 39.1. The molecule has 0 unspecified atom stereocenters. The number of aromatic nitrogens is 1. The lowest BCUT2D eigenvalue weighted by molar-refractivity contribution is -0.228. The average Bonchev–Trinajstić information content (AvgIpc) is 1.46. The summed E-state index contributed by atoms with van der Waals surface area (Å²) in [5.74, 6) is -3.24. The molecular formula is C64H80N4O13S. The Morgan fingerprint density at radius 2 is 1.67 bits per heavy atom. The predicted molar refractivity (Wildman–Crippen MR) is 310 cm³/mol. The summed E-state index contributed by atoms with van der Waals surface area (Å²) in [6.07, 6.45) is 4.93. The fourth-order valence-corrected chi connectivity index (χ4v) is 16.9. The second-order valence-corrected chi connectivity index (χ2v) is 25.8. The van der Waals surface area contributed by atoms with E-state index in [1.54, 1.807) is 24.3 Å². The number of esters is 3. The van der Waals surface area contributed by atoms with E-state index in [0.29, 0.717) is 79.2 Å². The maximum absolute atomic E-state index is 16.2. The number of H-pyrrole nitrogens is 1. The molecule has 5 aliphatic rings. The summed E-state index contributed by atoms with van der Waals surface area (Å²) < 4.78 is 68.7. The number of sulfonamides is 1. The maximum Gasteiger partial charge on any atom is 0.344 e. The number of carbonyl (C=O) groups is 3. The first-order valence-electron chi connectivity index (χ1n) is 28.7. The van der Waals surface area contributed by atoms with Gasteiger partial charge in [0.15, 0.2) is 11.9 Å². The van der Waals surface area contributed by atoms with E-state index in [1.165, 1.54) is 32.6 Å². The van der Waals surface area contributed by atoms with Crippen molar-refractivity contribution in [1.82, 2.24) is 14.2 Å². The fourth-order valence-electron chi connectivity index (χ4n) is 15.5. The van der Waals surface area contributed by atoms with Crippen LogP contribution < -0.4 is 9.64 Å². The number of nitrogens with one attached hydrogen (secondary N) is 1. The van der Waals surface area contributed by atoms with E-state index in [9.17, 15) is 28.2 Å². The van der Waals surface area contributed by atoms with Crippen molar-refractivity contribution in [2.24, 2.45) is 11.3 Å². The molecule has 10 rings (SSSR count). The van der Waals surface area contributed by atoms with Crippen LogP contribution in [0, 0.1) is 18.3 Å². The smallest absolute Gasteiger partial charge is 0.344 e. The normalized spacial score (nSPS) is 27.4. The van der Waals surface area contributed by atoms with Crippen molar-refractivity contribution in [3.8, 4) is 5.75 Å². The van der Waals surface area contributed by atoms with Gasteiger partial charge in [-0.25, -0.2) is 13.2 Å². The highest BCUT2D eigenvalue weighted by molar-refractivity contribution is 7.89. The van der Waals surface area contributed by atoms with E-state index in [2.05, 4.69) is 9.88 Å². The molecule has 1 spiro atoms. The molecule has 5 heterocycles. The molecular weight excluding hydrogens is 1060 g/mol. The third-order valence-electron chi connectivity index (χ3n) is 19.1. The van der Waals surface area contributed by atoms with E-state index in [-0.39, 0.29) is 43.9 Å². The van der Waals surface area contributed by atoms with Gasteiger partial charge in [-0.05, 0) is 119 Å². The number of nitrogens with zero attached hydrogens (tertiary/aromatic N) is 3. The number of aliphatic hydroxyl groups excluding tert-OH is 1. The highest BCUT2D eigenvalue weighted by atomic mass is 32.2. The van der Waals surface area contributed by atoms with Gasteiger partial charge in [0.05, 0.1) is 44.5 Å². The van der Waals surface area contributed by atoms with Gasteiger partial charge in [-0.1, -0.05) is 92.2 Å². The number of para-hydroxylation sites is 1. The number of aromatic amines is 1. The van der Waals surface area contributed by atoms with Crippen LogP contribution in [-0.4, -0.2) is 147 Å². The Hall–Kier alpha value is -6.12. The molecule has 1 aromatic heterocycles. The summed E-state index contributed by atoms with van der Waals surface area (Å²) in [7, 11) is 1.81. The molecule has 5 aromatic rings. The number of likely N-dealkylation sites (N-methyl/N-ethyl adjacent to an activating group) is 1. The van der Waals surface area contributed by atoms with Crippen LogP contribution in [0.3, 0.4) is 0 Å². The Balaban J connectivity index is 1.22. The molecule has 82 heavy (non-hydrogen) atoms. The molecule has 4 aliphatic heterocycles. The van der Waals surface area contributed by atoms with Gasteiger partial charge in [-0.3, -0.25) is 14.5 Å². The molecule has 0 radical (unpaired) electrons. The van der Waals surface area contributed by atoms with E-state index in [4.69, 9.17) is 28.4 Å². The number of methoxy groups -OCH3 is 3. The van der Waals surface area contributed by atoms with Crippen LogP contribution in [0.2, 0.25) is 0 Å². The van der Waals surface area contributed by atoms with Crippen molar-refractivity contribution in [3.05, 3.63) is 137 Å². The number of rotatable bonds is 21. The maximum atomic E-state index is 16.2. The van der Waals surface area contributed by atoms with Crippen LogP contribution >= 0.6 is 0 Å². The molecule has 4 aromatic carbocycles. The van der Waals surface area contributed by atoms with Crippen LogP contribution in [0.5, 0.6) is 5.75 Å². The Bertz CT molecular complexity index is 3370. The van der Waals surface area contributed by atoms with Gasteiger partial charge < -0.3 is 48.5 Å². The van der Waals surface area contributed by atoms with Crippen molar-refractivity contribution in [1.29, 1.82) is 0 Å². The topological polar surface area (TPSA) is 207 Å². The lowest BCUT2D eigenvalue weighted by atomic mass is 9.47. The minimum absolute atomic E-state index is 0.000728. The molecule has 0 bridgehead atoms. The zero-order valence-corrected chi connectivity index (χ0v) is 49.8. The van der Waals surface area contributed by atoms with Gasteiger partial charge >= 0.3 is 17.9 Å². The lowest BCUT2D eigenvalue weighted by Crippen LogP contribution is -2.81. The molecule has 1 aliphatic carbocycles. The summed E-state index contributed by atoms with van der Waals surface area (Å²) in [5, 5.41) is 25.9. The number of hydrogen-bond donors (Lipinski definition) is 3. The molecule has 0 amide bonds. The molecule has 3 fully saturated rings. The fraction of sp³-hybridized carbons (Fsp3) is 0.516. The molecule has 440 valence electrons. The zero-order chi connectivity index (χ0) is 58.8. The number of hydrogen-bond acceptors (Lipinski definition) is 15. The molecule has 9 atom stereocenters. The van der Waals surface area contributed by atoms with Crippen molar-refractivity contribution in [2.75, 3.05) is 66.1 Å². The van der Waals surface area contributed by atoms with Gasteiger partial charge in [0, 0.05) is 91.0 Å². The van der Waals surface area contributed by atoms with Gasteiger partial charge in [0.25, 0.3) is 0 Å². The van der Waals surface area contributed by atoms with Crippen molar-refractivity contribution in [2.45, 2.75) is 144 Å². The standard InChI is InChI=1S/C64H80N4O13S/c1-11-60(40-79-59(5,6)81-60)37-44(39-69)27-30-62(57(71)77-9,53-47(46-21-16-17-22-50(46)65-53)28-33-68(38-43-19-14-13-15-20-43)82(74,75)45-25-23-41(3)24-26-45)49-35-48-51(36-52(49)76-8)66(7)55-63(48)31-34-67-32-18-29-61(12-2,54(63)67)56(80-42(4)70)64(55,73)58(72)78-10/h13-26,29,35-36,44,54-56,65,69,73H,11-12,27-28,30-34,37-40H2,1-10H3/t44-,54+,55-,56-,60-,61-,62+,63-,64+/m1/s1. The summed E-state index contributed by atoms with van der Waals surface area (Å²) in [6.45, 7) is 12.2. The molecule has 3 N–H and O–H groups in total. The van der Waals surface area contributed by atoms with Crippen LogP contribution in [0.15, 0.2) is 108 Å². The second-order valence-electron chi connectivity index (χ2n) is 23.9. The first kappa shape index (κ1) is 59.1. The van der Waals surface area contributed by atoms with Crippen LogP contribution in [0.25, 0.3) is 10.9 Å². The zero-order valence-electron chi connectivity index (χ0n) is 49.0. The summed E-state index contributed by atoms with van der Waals surface area (Å²) in [6, 6.07) is 26.3. The predicted octanol–water partition coefficient (Wildman–Crippen LogP) is 8.03. The third-order valence-corrected chi connectivity index (χ3v) is 20.9. The number of ether oxygens (including phenoxy) is 6. The number of carbonyl (C=O) groups excluding carboxylic acids is 3. The largest absolute Gasteiger partial charge is 0.496 e. The van der Waals surface area contributed by atoms with Crippen LogP contribution in [0.4, 0.5) is 5.69 Å². The quantitative estimate of drug-likeness (QED) is 0.0361. The van der Waals surface area contributed by atoms with Gasteiger partial charge in [-0.15, -0.1) is 0 Å². The summed E-state index contributed by atoms with van der Waals surface area (Å²) in [5.41, 5.74) is -1.82. The third kappa shape index (κ3) is 9.35. The van der Waals surface area contributed by atoms with Crippen molar-refractivity contribution < 1.29 is 61.4 Å². The molecule has 18 heteroatoms. The minimum atomic E-state index is -4.12. The molecule has 17 nitrogen and oxygen atoms in total. The van der Waals surface area contributed by atoms with E-state index in [0.717, 1.165) is 22.1 Å². The summed E-state index contributed by atoms with van der Waals surface area (Å²) >= 11 is 0. The van der Waals surface area contributed by atoms with Crippen LogP contribution in [0.1, 0.15) is 107 Å². The van der Waals surface area contributed by atoms with E-state index < -0.39 is 85.3 Å². The Labute approximate surface area is 481 Å². The van der Waals surface area contributed by atoms with Gasteiger partial charge in [-0.2, -0.15) is 4.31 Å². The van der Waals surface area contributed by atoms with Crippen molar-refractivity contribution >= 4 is 44.5 Å². The monoisotopic (exact) mass is 1140 g/mol. The number of fused-ring (bicyclic) bond motifs is 2. The van der Waals surface area contributed by atoms with Crippen LogP contribution in [-0.2, 0) is 71.9 Å². The Morgan fingerprint density at radius 1 is 0.951 bits per heavy atom. The van der Waals surface area contributed by atoms with E-state index in [1.807, 2.05) is 125 Å². The average molecular weight is 1150 g/mol. The number of benzene rings is 4. The second kappa shape index (κ2) is 22.1. The molecule has 1 saturated carbocycles. The minimum Gasteiger partial charge on any atom is -0.496 e. The van der Waals surface area contributed by atoms with E-state index >= 15 is 4.79 Å². The van der Waals surface area contributed by atoms with Gasteiger partial charge in [0.1, 0.15) is 11.2 Å². The lowest BCUT2D eigenvalue weighted by Gasteiger charge is -2.63. The first-order valence-corrected chi connectivity index (χ1v) is 30.1. The molecule has 2 saturated heterocycles. The SMILES string of the molecule is CC[C@@]1(C[C@H](CO)CC[C@](C(=O)OC)(c2cc3c(cc2OC)N(C)[C@H]2[C@@](O)(C(=O)OC)[C@H](OC(C)=O)[C@]4(CC)C=CCN5CC[C@]32[C@@H]54)c2[nH]c3ccccc3c2CCN(Cc2ccccc2)S(=O)(=O)c2ccc(C)cc2)COC(C)(C)O1. The Morgan fingerprint density at radius 3 is 2.30 bits per heavy atom. The highest BCUT2D eigenvalue weighted by Crippen LogP contribution is 2.68. The number of anilines is 1. The number of aryl methyl sites for hydroxylation is 1. The highest BCUT2D eigenvalue weighted by Gasteiger charge is 2.80. The van der Waals surface area contributed by atoms with Gasteiger partial charge in [0.2, 0.25) is 15.6 Å². The summed E-state index contributed by atoms with van der Waals surface area (Å²) in [4.78, 5) is 52.3.